The number of halogens is 1. The SMILES string of the molecule is O=C1C2C3C=CC(S3)C2C(=O)N1OCCl. The molecule has 3 rings (SSSR count). The summed E-state index contributed by atoms with van der Waals surface area (Å²) < 4.78 is 0. The van der Waals surface area contributed by atoms with Gasteiger partial charge in [-0.3, -0.25) is 9.59 Å². The van der Waals surface area contributed by atoms with Gasteiger partial charge in [0.2, 0.25) is 0 Å². The number of amides is 2. The van der Waals surface area contributed by atoms with Crippen molar-refractivity contribution in [2.24, 2.45) is 11.8 Å². The van der Waals surface area contributed by atoms with Gasteiger partial charge in [0, 0.05) is 10.5 Å². The Hall–Kier alpha value is -0.520. The largest absolute Gasteiger partial charge is 0.272 e. The minimum Gasteiger partial charge on any atom is -0.272 e. The molecule has 3 aliphatic heterocycles. The topological polar surface area (TPSA) is 46.6 Å². The summed E-state index contributed by atoms with van der Waals surface area (Å²) in [5.74, 6) is -0.952. The Morgan fingerprint density at radius 1 is 1.27 bits per heavy atom. The molecule has 0 aromatic carbocycles. The lowest BCUT2D eigenvalue weighted by molar-refractivity contribution is -0.183. The minimum absolute atomic E-state index is 0.139. The molecular formula is C9H8ClNO3S. The first kappa shape index (κ1) is 9.69. The molecule has 4 unspecified atom stereocenters. The third kappa shape index (κ3) is 1.14. The highest BCUT2D eigenvalue weighted by molar-refractivity contribution is 8.01. The van der Waals surface area contributed by atoms with Crippen LogP contribution in [0.5, 0.6) is 0 Å². The van der Waals surface area contributed by atoms with Crippen molar-refractivity contribution in [3.8, 4) is 0 Å². The third-order valence-corrected chi connectivity index (χ3v) is 4.67. The molecule has 4 atom stereocenters. The predicted octanol–water partition coefficient (Wildman–Crippen LogP) is 0.769. The number of rotatable bonds is 2. The second-order valence-corrected chi connectivity index (χ2v) is 5.29. The monoisotopic (exact) mass is 245 g/mol. The zero-order chi connectivity index (χ0) is 10.6. The third-order valence-electron chi connectivity index (χ3n) is 3.05. The number of thioether (sulfide) groups is 1. The van der Waals surface area contributed by atoms with Crippen molar-refractivity contribution in [3.63, 3.8) is 0 Å². The van der Waals surface area contributed by atoms with Gasteiger partial charge in [-0.05, 0) is 0 Å². The summed E-state index contributed by atoms with van der Waals surface area (Å²) in [7, 11) is 0. The fourth-order valence-corrected chi connectivity index (χ4v) is 4.19. The highest BCUT2D eigenvalue weighted by Gasteiger charge is 2.60. The molecule has 0 saturated carbocycles. The number of hydrogen-bond donors (Lipinski definition) is 0. The van der Waals surface area contributed by atoms with Gasteiger partial charge in [-0.2, -0.15) is 5.06 Å². The van der Waals surface area contributed by atoms with Crippen LogP contribution < -0.4 is 0 Å². The van der Waals surface area contributed by atoms with E-state index in [-0.39, 0.29) is 40.2 Å². The van der Waals surface area contributed by atoms with Gasteiger partial charge < -0.3 is 0 Å². The molecule has 4 nitrogen and oxygen atoms in total. The maximum atomic E-state index is 11.9. The van der Waals surface area contributed by atoms with E-state index in [0.717, 1.165) is 5.06 Å². The molecule has 0 aromatic heterocycles. The number of hydrogen-bond acceptors (Lipinski definition) is 4. The maximum absolute atomic E-state index is 11.9. The van der Waals surface area contributed by atoms with E-state index in [1.807, 2.05) is 12.2 Å². The second kappa shape index (κ2) is 3.23. The normalized spacial score (nSPS) is 41.8. The van der Waals surface area contributed by atoms with Crippen molar-refractivity contribution in [2.45, 2.75) is 10.5 Å². The Morgan fingerprint density at radius 2 is 1.80 bits per heavy atom. The van der Waals surface area contributed by atoms with Crippen LogP contribution in [-0.2, 0) is 14.4 Å². The van der Waals surface area contributed by atoms with E-state index < -0.39 is 0 Å². The van der Waals surface area contributed by atoms with Gasteiger partial charge in [0.15, 0.2) is 0 Å². The van der Waals surface area contributed by atoms with Crippen molar-refractivity contribution in [1.29, 1.82) is 0 Å². The lowest BCUT2D eigenvalue weighted by atomic mass is 9.85. The molecular weight excluding hydrogens is 238 g/mol. The standard InChI is InChI=1S/C9H8ClNO3S/c10-3-14-11-8(12)6-4-1-2-5(15-4)7(6)9(11)13/h1-2,4-7H,3H2. The lowest BCUT2D eigenvalue weighted by Gasteiger charge is -2.14. The van der Waals surface area contributed by atoms with Crippen molar-refractivity contribution in [1.82, 2.24) is 5.06 Å². The predicted molar refractivity (Wildman–Crippen MR) is 54.9 cm³/mol. The number of hydroxylamine groups is 2. The average Bonchev–Trinajstić information content (AvgIpc) is 2.87. The number of imide groups is 1. The van der Waals surface area contributed by atoms with Crippen LogP contribution in [0.1, 0.15) is 0 Å². The van der Waals surface area contributed by atoms with Crippen LogP contribution in [0.2, 0.25) is 0 Å². The maximum Gasteiger partial charge on any atom is 0.258 e. The molecule has 0 radical (unpaired) electrons. The summed E-state index contributed by atoms with van der Waals surface area (Å²) in [4.78, 5) is 28.6. The summed E-state index contributed by atoms with van der Waals surface area (Å²) in [5.41, 5.74) is 0. The van der Waals surface area contributed by atoms with Crippen LogP contribution in [0.25, 0.3) is 0 Å². The smallest absolute Gasteiger partial charge is 0.258 e. The molecule has 3 aliphatic rings. The van der Waals surface area contributed by atoms with Crippen molar-refractivity contribution in [3.05, 3.63) is 12.2 Å². The van der Waals surface area contributed by atoms with Gasteiger partial charge in [-0.15, -0.1) is 11.8 Å². The summed E-state index contributed by atoms with van der Waals surface area (Å²) in [6.07, 6.45) is 4.01. The van der Waals surface area contributed by atoms with Crippen LogP contribution in [-0.4, -0.2) is 33.4 Å². The number of alkyl halides is 1. The first-order chi connectivity index (χ1) is 7.24. The molecule has 2 saturated heterocycles. The van der Waals surface area contributed by atoms with Crippen LogP contribution in [0.15, 0.2) is 12.2 Å². The van der Waals surface area contributed by atoms with E-state index in [0.29, 0.717) is 0 Å². The molecule has 3 heterocycles. The molecule has 80 valence electrons. The minimum atomic E-state index is -0.241. The zero-order valence-corrected chi connectivity index (χ0v) is 9.20. The summed E-state index contributed by atoms with van der Waals surface area (Å²) in [5, 5.41) is 1.12. The first-order valence-electron chi connectivity index (χ1n) is 4.64. The van der Waals surface area contributed by atoms with Crippen LogP contribution in [0, 0.1) is 11.8 Å². The molecule has 0 spiro atoms. The van der Waals surface area contributed by atoms with Gasteiger partial charge in [-0.1, -0.05) is 23.8 Å². The molecule has 0 aliphatic carbocycles. The van der Waals surface area contributed by atoms with E-state index >= 15 is 0 Å². The highest BCUT2D eigenvalue weighted by atomic mass is 35.5. The lowest BCUT2D eigenvalue weighted by Crippen LogP contribution is -2.33. The van der Waals surface area contributed by atoms with Gasteiger partial charge in [0.1, 0.15) is 6.07 Å². The van der Waals surface area contributed by atoms with Crippen molar-refractivity contribution >= 4 is 35.2 Å². The van der Waals surface area contributed by atoms with Gasteiger partial charge in [0.05, 0.1) is 11.8 Å². The van der Waals surface area contributed by atoms with Crippen LogP contribution >= 0.6 is 23.4 Å². The fourth-order valence-electron chi connectivity index (χ4n) is 2.45. The fraction of sp³-hybridized carbons (Fsp3) is 0.556. The van der Waals surface area contributed by atoms with Crippen molar-refractivity contribution < 1.29 is 14.4 Å². The van der Waals surface area contributed by atoms with E-state index in [1.54, 1.807) is 11.8 Å². The Balaban J connectivity index is 1.93. The number of fused-ring (bicyclic) bond motifs is 5. The average molecular weight is 246 g/mol. The van der Waals surface area contributed by atoms with E-state index in [2.05, 4.69) is 0 Å². The Labute approximate surface area is 95.5 Å². The quantitative estimate of drug-likeness (QED) is 0.410. The molecule has 0 N–H and O–H groups in total. The van der Waals surface area contributed by atoms with E-state index in [4.69, 9.17) is 16.4 Å². The van der Waals surface area contributed by atoms with Gasteiger partial charge in [-0.25, -0.2) is 4.84 Å². The van der Waals surface area contributed by atoms with Gasteiger partial charge >= 0.3 is 0 Å². The molecule has 2 fully saturated rings. The number of carbonyl (C=O) groups excluding carboxylic acids is 2. The Bertz CT molecular complexity index is 342. The molecule has 15 heavy (non-hydrogen) atoms. The summed E-state index contributed by atoms with van der Waals surface area (Å²) in [6.45, 7) is 0. The second-order valence-electron chi connectivity index (χ2n) is 3.71. The van der Waals surface area contributed by atoms with Crippen LogP contribution in [0.3, 0.4) is 0 Å². The molecule has 2 bridgehead atoms. The number of nitrogens with zero attached hydrogens (tertiary/aromatic N) is 1. The highest BCUT2D eigenvalue weighted by Crippen LogP contribution is 2.53. The molecule has 2 amide bonds. The first-order valence-corrected chi connectivity index (χ1v) is 6.12. The Kier molecular flexibility index (Phi) is 2.09. The summed E-state index contributed by atoms with van der Waals surface area (Å²) >= 11 is 7.05. The summed E-state index contributed by atoms with van der Waals surface area (Å²) in [6, 6.07) is -0.174. The van der Waals surface area contributed by atoms with Gasteiger partial charge in [0.25, 0.3) is 11.8 Å². The molecule has 6 heteroatoms. The zero-order valence-electron chi connectivity index (χ0n) is 7.63. The molecule has 0 aromatic rings. The van der Waals surface area contributed by atoms with Crippen LogP contribution in [0.4, 0.5) is 0 Å². The Morgan fingerprint density at radius 3 is 2.27 bits per heavy atom. The van der Waals surface area contributed by atoms with Crippen molar-refractivity contribution in [2.75, 3.05) is 6.07 Å². The van der Waals surface area contributed by atoms with E-state index in [9.17, 15) is 9.59 Å². The van der Waals surface area contributed by atoms with E-state index in [1.165, 1.54) is 0 Å². The number of carbonyl (C=O) groups is 2.